The molecule has 8 aromatic rings. The average Bonchev–Trinajstić information content (AvgIpc) is 3.08. The summed E-state index contributed by atoms with van der Waals surface area (Å²) in [4.78, 5) is 0. The molecule has 2 heteroatoms. The third-order valence-corrected chi connectivity index (χ3v) is 11.7. The molecule has 0 aliphatic carbocycles. The van der Waals surface area contributed by atoms with Crippen LogP contribution >= 0.6 is 7.14 Å². The van der Waals surface area contributed by atoms with Gasteiger partial charge in [0.15, 0.2) is 7.14 Å². The first-order valence-corrected chi connectivity index (χ1v) is 16.0. The van der Waals surface area contributed by atoms with Gasteiger partial charge in [0.25, 0.3) is 0 Å². The zero-order valence-electron chi connectivity index (χ0n) is 22.9. The van der Waals surface area contributed by atoms with Crippen LogP contribution in [0.25, 0.3) is 54.2 Å². The summed E-state index contributed by atoms with van der Waals surface area (Å²) in [7, 11) is -3.15. The lowest BCUT2D eigenvalue weighted by molar-refractivity contribution is 0.592. The van der Waals surface area contributed by atoms with Crippen molar-refractivity contribution in [3.8, 4) is 11.1 Å². The van der Waals surface area contributed by atoms with Crippen molar-refractivity contribution < 1.29 is 4.57 Å². The highest BCUT2D eigenvalue weighted by Crippen LogP contribution is 2.46. The van der Waals surface area contributed by atoms with E-state index in [1.807, 2.05) is 60.7 Å². The third-order valence-electron chi connectivity index (χ3n) is 8.54. The first-order valence-electron chi connectivity index (χ1n) is 14.3. The van der Waals surface area contributed by atoms with Crippen molar-refractivity contribution in [3.05, 3.63) is 164 Å². The van der Waals surface area contributed by atoms with Gasteiger partial charge in [0.2, 0.25) is 0 Å². The molecular formula is C40H27OP. The van der Waals surface area contributed by atoms with Crippen molar-refractivity contribution in [3.63, 3.8) is 0 Å². The van der Waals surface area contributed by atoms with Crippen LogP contribution in [0, 0.1) is 0 Å². The molecule has 0 fully saturated rings. The standard InChI is InChI=1S/C40H27OP/c41-42(28-14-3-1-4-15-28,29-16-5-2-6-17-29)39-27-13-23-31-34(22-11-24-35(31)39)38-26-12-25-37-33-19-8-7-18-30(33)32-20-9-10-21-36(32)40(37)38/h1-27H. The Bertz CT molecular complexity index is 2230. The van der Waals surface area contributed by atoms with Gasteiger partial charge >= 0.3 is 0 Å². The van der Waals surface area contributed by atoms with Gasteiger partial charge < -0.3 is 4.57 Å². The molecule has 0 atom stereocenters. The van der Waals surface area contributed by atoms with Crippen LogP contribution in [-0.4, -0.2) is 0 Å². The summed E-state index contributed by atoms with van der Waals surface area (Å²) >= 11 is 0. The summed E-state index contributed by atoms with van der Waals surface area (Å²) in [5.74, 6) is 0. The fraction of sp³-hybridized carbons (Fsp3) is 0. The zero-order valence-corrected chi connectivity index (χ0v) is 23.8. The van der Waals surface area contributed by atoms with E-state index in [9.17, 15) is 0 Å². The van der Waals surface area contributed by atoms with E-state index in [1.165, 1.54) is 37.9 Å². The summed E-state index contributed by atoms with van der Waals surface area (Å²) in [5, 5.41) is 12.2. The maximum Gasteiger partial charge on any atom is 0.171 e. The zero-order chi connectivity index (χ0) is 28.1. The van der Waals surface area contributed by atoms with E-state index in [1.54, 1.807) is 0 Å². The predicted octanol–water partition coefficient (Wildman–Crippen LogP) is 9.61. The van der Waals surface area contributed by atoms with Crippen LogP contribution in [0.1, 0.15) is 0 Å². The molecule has 42 heavy (non-hydrogen) atoms. The average molecular weight is 555 g/mol. The number of hydrogen-bond acceptors (Lipinski definition) is 1. The largest absolute Gasteiger partial charge is 0.309 e. The predicted molar refractivity (Wildman–Crippen MR) is 181 cm³/mol. The fourth-order valence-corrected chi connectivity index (χ4v) is 9.55. The number of hydrogen-bond donors (Lipinski definition) is 0. The van der Waals surface area contributed by atoms with Gasteiger partial charge in [0.05, 0.1) is 0 Å². The van der Waals surface area contributed by atoms with Crippen molar-refractivity contribution in [2.45, 2.75) is 0 Å². The Kier molecular flexibility index (Phi) is 5.81. The lowest BCUT2D eigenvalue weighted by atomic mass is 9.88. The van der Waals surface area contributed by atoms with Gasteiger partial charge in [-0.15, -0.1) is 0 Å². The second-order valence-electron chi connectivity index (χ2n) is 10.8. The number of rotatable bonds is 4. The normalized spacial score (nSPS) is 11.9. The van der Waals surface area contributed by atoms with E-state index in [-0.39, 0.29) is 0 Å². The molecule has 0 unspecified atom stereocenters. The molecule has 0 spiro atoms. The maximum atomic E-state index is 15.4. The second kappa shape index (κ2) is 9.84. The Labute approximate surface area is 245 Å². The Balaban J connectivity index is 1.47. The molecule has 8 aromatic carbocycles. The Morgan fingerprint density at radius 2 is 0.714 bits per heavy atom. The monoisotopic (exact) mass is 554 g/mol. The molecule has 0 heterocycles. The van der Waals surface area contributed by atoms with Gasteiger partial charge in [0.1, 0.15) is 0 Å². The van der Waals surface area contributed by atoms with Gasteiger partial charge in [-0.05, 0) is 54.2 Å². The van der Waals surface area contributed by atoms with E-state index in [0.717, 1.165) is 32.2 Å². The van der Waals surface area contributed by atoms with Gasteiger partial charge in [-0.25, -0.2) is 0 Å². The van der Waals surface area contributed by atoms with Crippen LogP contribution in [0.15, 0.2) is 164 Å². The van der Waals surface area contributed by atoms with Crippen molar-refractivity contribution in [1.82, 2.24) is 0 Å². The topological polar surface area (TPSA) is 17.1 Å². The molecule has 0 amide bonds. The minimum atomic E-state index is -3.15. The van der Waals surface area contributed by atoms with E-state index in [0.29, 0.717) is 0 Å². The van der Waals surface area contributed by atoms with E-state index >= 15 is 4.57 Å². The van der Waals surface area contributed by atoms with Crippen LogP contribution < -0.4 is 15.9 Å². The molecule has 0 saturated heterocycles. The summed E-state index contributed by atoms with van der Waals surface area (Å²) in [6.07, 6.45) is 0. The van der Waals surface area contributed by atoms with Gasteiger partial charge in [-0.1, -0.05) is 164 Å². The molecule has 0 radical (unpaired) electrons. The SMILES string of the molecule is O=P(c1ccccc1)(c1ccccc1)c1cccc2c(-c3cccc4c5ccccc5c5ccccc5c34)cccc12. The lowest BCUT2D eigenvalue weighted by Crippen LogP contribution is -2.25. The molecule has 198 valence electrons. The first-order chi connectivity index (χ1) is 20.7. The molecule has 0 saturated carbocycles. The van der Waals surface area contributed by atoms with Crippen molar-refractivity contribution >= 4 is 66.1 Å². The minimum absolute atomic E-state index is 0.844. The van der Waals surface area contributed by atoms with Gasteiger partial charge in [-0.2, -0.15) is 0 Å². The highest BCUT2D eigenvalue weighted by Gasteiger charge is 2.31. The van der Waals surface area contributed by atoms with Crippen LogP contribution in [0.2, 0.25) is 0 Å². The van der Waals surface area contributed by atoms with Gasteiger partial charge in [-0.3, -0.25) is 0 Å². The maximum absolute atomic E-state index is 15.4. The van der Waals surface area contributed by atoms with Crippen LogP contribution in [0.3, 0.4) is 0 Å². The Hall–Kier alpha value is -4.97. The summed E-state index contributed by atoms with van der Waals surface area (Å²) < 4.78 is 15.4. The highest BCUT2D eigenvalue weighted by atomic mass is 31.2. The Morgan fingerprint density at radius 3 is 1.31 bits per heavy atom. The second-order valence-corrected chi connectivity index (χ2v) is 13.5. The summed E-state index contributed by atoms with van der Waals surface area (Å²) in [6.45, 7) is 0. The van der Waals surface area contributed by atoms with E-state index < -0.39 is 7.14 Å². The highest BCUT2D eigenvalue weighted by molar-refractivity contribution is 7.85. The van der Waals surface area contributed by atoms with Crippen molar-refractivity contribution in [2.75, 3.05) is 0 Å². The van der Waals surface area contributed by atoms with Gasteiger partial charge in [0, 0.05) is 15.9 Å². The quantitative estimate of drug-likeness (QED) is 0.156. The first kappa shape index (κ1) is 24.8. The number of benzene rings is 8. The molecule has 0 aromatic heterocycles. The van der Waals surface area contributed by atoms with Crippen molar-refractivity contribution in [1.29, 1.82) is 0 Å². The molecule has 0 aliphatic rings. The van der Waals surface area contributed by atoms with Crippen LogP contribution in [0.4, 0.5) is 0 Å². The molecule has 8 rings (SSSR count). The molecule has 0 bridgehead atoms. The molecule has 0 N–H and O–H groups in total. The lowest BCUT2D eigenvalue weighted by Gasteiger charge is -2.22. The fourth-order valence-electron chi connectivity index (χ4n) is 6.69. The Morgan fingerprint density at radius 1 is 0.310 bits per heavy atom. The van der Waals surface area contributed by atoms with E-state index in [2.05, 4.69) is 103 Å². The van der Waals surface area contributed by atoms with E-state index in [4.69, 9.17) is 0 Å². The molecule has 0 aliphatic heterocycles. The summed E-state index contributed by atoms with van der Waals surface area (Å²) in [6, 6.07) is 56.7. The van der Waals surface area contributed by atoms with Crippen LogP contribution in [0.5, 0.6) is 0 Å². The smallest absolute Gasteiger partial charge is 0.171 e. The summed E-state index contributed by atoms with van der Waals surface area (Å²) in [5.41, 5.74) is 2.33. The van der Waals surface area contributed by atoms with Crippen molar-refractivity contribution in [2.24, 2.45) is 0 Å². The molecular weight excluding hydrogens is 527 g/mol. The third kappa shape index (κ3) is 3.68. The number of fused-ring (bicyclic) bond motifs is 7. The van der Waals surface area contributed by atoms with Crippen LogP contribution in [-0.2, 0) is 4.57 Å². The minimum Gasteiger partial charge on any atom is -0.309 e. The molecule has 1 nitrogen and oxygen atoms in total.